The van der Waals surface area contributed by atoms with E-state index in [1.54, 1.807) is 0 Å². The molecule has 0 fully saturated rings. The van der Waals surface area contributed by atoms with E-state index in [1.165, 1.54) is 17.8 Å². The van der Waals surface area contributed by atoms with Crippen LogP contribution in [-0.2, 0) is 4.79 Å². The molecule has 6 heteroatoms. The van der Waals surface area contributed by atoms with Crippen molar-refractivity contribution in [1.29, 1.82) is 0 Å². The summed E-state index contributed by atoms with van der Waals surface area (Å²) in [6, 6.07) is 2.98. The molecule has 0 saturated carbocycles. The fourth-order valence-corrected chi connectivity index (χ4v) is 1.84. The number of hydrogen-bond donors (Lipinski definition) is 2. The molecule has 1 aromatic carbocycles. The van der Waals surface area contributed by atoms with Crippen LogP contribution in [0.4, 0.5) is 14.5 Å². The van der Waals surface area contributed by atoms with Gasteiger partial charge >= 0.3 is 0 Å². The first kappa shape index (κ1) is 13.9. The second kappa shape index (κ2) is 7.24. The Hall–Kier alpha value is -1.14. The maximum absolute atomic E-state index is 13.2. The van der Waals surface area contributed by atoms with Crippen molar-refractivity contribution in [2.45, 2.75) is 6.42 Å². The lowest BCUT2D eigenvalue weighted by Gasteiger charge is -2.06. The van der Waals surface area contributed by atoms with Crippen LogP contribution in [0.2, 0.25) is 0 Å². The lowest BCUT2D eigenvalue weighted by molar-refractivity contribution is -0.113. The summed E-state index contributed by atoms with van der Waals surface area (Å²) >= 11 is 1.35. The number of rotatable bonds is 6. The van der Waals surface area contributed by atoms with Gasteiger partial charge in [0.25, 0.3) is 0 Å². The molecular formula is C11H13F2NO2S. The average molecular weight is 261 g/mol. The van der Waals surface area contributed by atoms with E-state index in [-0.39, 0.29) is 24.0 Å². The van der Waals surface area contributed by atoms with E-state index < -0.39 is 11.6 Å². The van der Waals surface area contributed by atoms with Gasteiger partial charge in [0.15, 0.2) is 0 Å². The van der Waals surface area contributed by atoms with Gasteiger partial charge in [-0.1, -0.05) is 0 Å². The van der Waals surface area contributed by atoms with Crippen LogP contribution in [0, 0.1) is 11.6 Å². The molecule has 0 aliphatic heterocycles. The van der Waals surface area contributed by atoms with E-state index in [0.29, 0.717) is 18.2 Å². The van der Waals surface area contributed by atoms with Crippen molar-refractivity contribution < 1.29 is 18.7 Å². The molecule has 0 aliphatic rings. The van der Waals surface area contributed by atoms with Gasteiger partial charge in [0.1, 0.15) is 11.6 Å². The molecule has 0 aromatic heterocycles. The van der Waals surface area contributed by atoms with Crippen molar-refractivity contribution in [2.24, 2.45) is 0 Å². The van der Waals surface area contributed by atoms with Gasteiger partial charge in [-0.15, -0.1) is 0 Å². The van der Waals surface area contributed by atoms with Crippen LogP contribution in [0.5, 0.6) is 0 Å². The average Bonchev–Trinajstić information content (AvgIpc) is 2.28. The van der Waals surface area contributed by atoms with Gasteiger partial charge in [-0.25, -0.2) is 8.78 Å². The number of benzene rings is 1. The SMILES string of the molecule is O=C(CSCCCO)Nc1ccc(F)cc1F. The summed E-state index contributed by atoms with van der Waals surface area (Å²) in [7, 11) is 0. The summed E-state index contributed by atoms with van der Waals surface area (Å²) in [5.41, 5.74) is -0.0286. The third kappa shape index (κ3) is 5.14. The molecule has 1 aromatic rings. The molecule has 0 heterocycles. The summed E-state index contributed by atoms with van der Waals surface area (Å²) in [4.78, 5) is 11.4. The number of carbonyl (C=O) groups is 1. The molecule has 0 aliphatic carbocycles. The molecular weight excluding hydrogens is 248 g/mol. The maximum Gasteiger partial charge on any atom is 0.234 e. The molecule has 0 spiro atoms. The van der Waals surface area contributed by atoms with Crippen LogP contribution in [0.25, 0.3) is 0 Å². The topological polar surface area (TPSA) is 49.3 Å². The second-order valence-corrected chi connectivity index (χ2v) is 4.41. The van der Waals surface area contributed by atoms with Crippen LogP contribution >= 0.6 is 11.8 Å². The molecule has 94 valence electrons. The quantitative estimate of drug-likeness (QED) is 0.770. The predicted molar refractivity (Wildman–Crippen MR) is 64.0 cm³/mol. The van der Waals surface area contributed by atoms with Crippen molar-refractivity contribution >= 4 is 23.4 Å². The Balaban J connectivity index is 2.40. The Kier molecular flexibility index (Phi) is 5.93. The zero-order valence-corrected chi connectivity index (χ0v) is 9.90. The monoisotopic (exact) mass is 261 g/mol. The highest BCUT2D eigenvalue weighted by atomic mass is 32.2. The fourth-order valence-electron chi connectivity index (χ4n) is 1.11. The minimum atomic E-state index is -0.793. The first-order valence-electron chi connectivity index (χ1n) is 5.07. The number of amides is 1. The van der Waals surface area contributed by atoms with Gasteiger partial charge in [-0.3, -0.25) is 4.79 Å². The summed E-state index contributed by atoms with van der Waals surface area (Å²) < 4.78 is 25.8. The number of aliphatic hydroxyl groups is 1. The van der Waals surface area contributed by atoms with Crippen LogP contribution < -0.4 is 5.32 Å². The molecule has 0 radical (unpaired) electrons. The summed E-state index contributed by atoms with van der Waals surface area (Å²) in [5, 5.41) is 10.9. The zero-order chi connectivity index (χ0) is 12.7. The van der Waals surface area contributed by atoms with Gasteiger partial charge in [-0.05, 0) is 24.3 Å². The predicted octanol–water partition coefficient (Wildman–Crippen LogP) is 2.02. The van der Waals surface area contributed by atoms with E-state index in [2.05, 4.69) is 5.32 Å². The van der Waals surface area contributed by atoms with Crippen molar-refractivity contribution in [3.8, 4) is 0 Å². The summed E-state index contributed by atoms with van der Waals surface area (Å²) in [6.45, 7) is 0.0845. The van der Waals surface area contributed by atoms with E-state index >= 15 is 0 Å². The van der Waals surface area contributed by atoms with Crippen LogP contribution in [0.15, 0.2) is 18.2 Å². The third-order valence-corrected chi connectivity index (χ3v) is 2.93. The van der Waals surface area contributed by atoms with Crippen LogP contribution in [0.1, 0.15) is 6.42 Å². The lowest BCUT2D eigenvalue weighted by atomic mass is 10.3. The smallest absolute Gasteiger partial charge is 0.234 e. The number of hydrogen-bond acceptors (Lipinski definition) is 3. The van der Waals surface area contributed by atoms with Crippen molar-refractivity contribution in [1.82, 2.24) is 0 Å². The number of carbonyl (C=O) groups excluding carboxylic acids is 1. The standard InChI is InChI=1S/C11H13F2NO2S/c12-8-2-3-10(9(13)6-8)14-11(16)7-17-5-1-4-15/h2-3,6,15H,1,4-5,7H2,(H,14,16). The largest absolute Gasteiger partial charge is 0.396 e. The Labute approximate surface area is 102 Å². The van der Waals surface area contributed by atoms with Gasteiger partial charge in [0.05, 0.1) is 11.4 Å². The second-order valence-electron chi connectivity index (χ2n) is 3.30. The highest BCUT2D eigenvalue weighted by Crippen LogP contribution is 2.15. The number of aliphatic hydroxyl groups excluding tert-OH is 1. The summed E-state index contributed by atoms with van der Waals surface area (Å²) in [5.74, 6) is -0.984. The Bertz CT molecular complexity index is 388. The molecule has 1 amide bonds. The molecule has 0 unspecified atom stereocenters. The highest BCUT2D eigenvalue weighted by Gasteiger charge is 2.07. The fraction of sp³-hybridized carbons (Fsp3) is 0.364. The molecule has 2 N–H and O–H groups in total. The van der Waals surface area contributed by atoms with Gasteiger partial charge in [0.2, 0.25) is 5.91 Å². The molecule has 1 rings (SSSR count). The van der Waals surface area contributed by atoms with Gasteiger partial charge in [-0.2, -0.15) is 11.8 Å². The van der Waals surface area contributed by atoms with E-state index in [9.17, 15) is 13.6 Å². The minimum Gasteiger partial charge on any atom is -0.396 e. The molecule has 3 nitrogen and oxygen atoms in total. The Morgan fingerprint density at radius 3 is 2.82 bits per heavy atom. The molecule has 17 heavy (non-hydrogen) atoms. The zero-order valence-electron chi connectivity index (χ0n) is 9.08. The van der Waals surface area contributed by atoms with Crippen LogP contribution in [0.3, 0.4) is 0 Å². The normalized spacial score (nSPS) is 10.3. The Morgan fingerprint density at radius 1 is 1.41 bits per heavy atom. The first-order valence-corrected chi connectivity index (χ1v) is 6.22. The number of thioether (sulfide) groups is 1. The van der Waals surface area contributed by atoms with E-state index in [1.807, 2.05) is 0 Å². The highest BCUT2D eigenvalue weighted by molar-refractivity contribution is 7.99. The lowest BCUT2D eigenvalue weighted by Crippen LogP contribution is -2.15. The number of anilines is 1. The van der Waals surface area contributed by atoms with Gasteiger partial charge < -0.3 is 10.4 Å². The first-order chi connectivity index (χ1) is 8.13. The minimum absolute atomic E-state index is 0.0286. The van der Waals surface area contributed by atoms with Crippen molar-refractivity contribution in [3.05, 3.63) is 29.8 Å². The maximum atomic E-state index is 13.2. The number of halogens is 2. The Morgan fingerprint density at radius 2 is 2.18 bits per heavy atom. The molecule has 0 saturated heterocycles. The molecule has 0 bridgehead atoms. The van der Waals surface area contributed by atoms with Crippen molar-refractivity contribution in [3.63, 3.8) is 0 Å². The van der Waals surface area contributed by atoms with Crippen LogP contribution in [-0.4, -0.2) is 29.1 Å². The number of nitrogens with one attached hydrogen (secondary N) is 1. The van der Waals surface area contributed by atoms with Gasteiger partial charge in [0, 0.05) is 12.7 Å². The van der Waals surface area contributed by atoms with E-state index in [0.717, 1.165) is 6.07 Å². The molecule has 0 atom stereocenters. The van der Waals surface area contributed by atoms with Crippen molar-refractivity contribution in [2.75, 3.05) is 23.4 Å². The summed E-state index contributed by atoms with van der Waals surface area (Å²) in [6.07, 6.45) is 0.614. The third-order valence-electron chi connectivity index (χ3n) is 1.89. The van der Waals surface area contributed by atoms with E-state index in [4.69, 9.17) is 5.11 Å².